The minimum absolute atomic E-state index is 0.0103. The van der Waals surface area contributed by atoms with Crippen molar-refractivity contribution in [3.63, 3.8) is 0 Å². The van der Waals surface area contributed by atoms with Crippen molar-refractivity contribution < 1.29 is 4.79 Å². The molecule has 4 rings (SSSR count). The lowest BCUT2D eigenvalue weighted by atomic mass is 10.1. The number of aliphatic imine (C=N–C) groups is 1. The molecule has 3 aliphatic rings. The number of nitrogens with one attached hydrogen (secondary N) is 1. The lowest BCUT2D eigenvalue weighted by molar-refractivity contribution is -0.135. The summed E-state index contributed by atoms with van der Waals surface area (Å²) in [6.45, 7) is 7.62. The number of hydrogen-bond acceptors (Lipinski definition) is 3. The molecule has 6 nitrogen and oxygen atoms in total. The molecule has 2 heterocycles. The van der Waals surface area contributed by atoms with Crippen LogP contribution in [0.15, 0.2) is 35.3 Å². The number of likely N-dealkylation sites (tertiary alicyclic amines) is 1. The highest BCUT2D eigenvalue weighted by atomic mass is 16.2. The Balaban J connectivity index is 1.23. The van der Waals surface area contributed by atoms with Gasteiger partial charge in [-0.1, -0.05) is 30.3 Å². The molecule has 29 heavy (non-hydrogen) atoms. The fraction of sp³-hybridized carbons (Fsp3) is 0.652. The molecule has 0 radical (unpaired) electrons. The van der Waals surface area contributed by atoms with Crippen LogP contribution in [0, 0.1) is 5.92 Å². The van der Waals surface area contributed by atoms with Crippen LogP contribution in [0.4, 0.5) is 0 Å². The van der Waals surface area contributed by atoms with E-state index in [0.717, 1.165) is 64.5 Å². The van der Waals surface area contributed by atoms with Gasteiger partial charge < -0.3 is 15.1 Å². The third kappa shape index (κ3) is 4.92. The highest BCUT2D eigenvalue weighted by Gasteiger charge is 2.38. The smallest absolute Gasteiger partial charge is 0.239 e. The summed E-state index contributed by atoms with van der Waals surface area (Å²) in [5, 5.41) is 3.67. The third-order valence-corrected chi connectivity index (χ3v) is 6.73. The summed E-state index contributed by atoms with van der Waals surface area (Å²) in [5.74, 6) is 2.03. The van der Waals surface area contributed by atoms with Crippen LogP contribution in [0.1, 0.15) is 31.7 Å². The van der Waals surface area contributed by atoms with Gasteiger partial charge in [-0.3, -0.25) is 14.7 Å². The zero-order valence-corrected chi connectivity index (χ0v) is 17.9. The van der Waals surface area contributed by atoms with Crippen molar-refractivity contribution >= 4 is 11.9 Å². The van der Waals surface area contributed by atoms with Gasteiger partial charge >= 0.3 is 0 Å². The van der Waals surface area contributed by atoms with Gasteiger partial charge in [-0.25, -0.2) is 0 Å². The second-order valence-corrected chi connectivity index (χ2v) is 8.71. The van der Waals surface area contributed by atoms with E-state index in [9.17, 15) is 4.79 Å². The summed E-state index contributed by atoms with van der Waals surface area (Å²) in [6.07, 6.45) is 4.66. The number of benzene rings is 1. The normalized spacial score (nSPS) is 26.5. The molecule has 1 amide bonds. The number of piperazine rings is 1. The molecule has 6 heteroatoms. The Morgan fingerprint density at radius 3 is 2.41 bits per heavy atom. The van der Waals surface area contributed by atoms with Gasteiger partial charge in [-0.05, 0) is 44.1 Å². The van der Waals surface area contributed by atoms with Crippen LogP contribution in [0.25, 0.3) is 0 Å². The number of hydrogen-bond donors (Lipinski definition) is 1. The Labute approximate surface area is 175 Å². The van der Waals surface area contributed by atoms with Crippen molar-refractivity contribution in [3.05, 3.63) is 35.9 Å². The van der Waals surface area contributed by atoms with Gasteiger partial charge in [0.15, 0.2) is 5.96 Å². The summed E-state index contributed by atoms with van der Waals surface area (Å²) in [5.41, 5.74) is 1.42. The van der Waals surface area contributed by atoms with Crippen molar-refractivity contribution in [1.29, 1.82) is 0 Å². The second-order valence-electron chi connectivity index (χ2n) is 8.71. The lowest BCUT2D eigenvalue weighted by Gasteiger charge is -2.39. The Morgan fingerprint density at radius 1 is 1.07 bits per heavy atom. The maximum atomic E-state index is 12.7. The van der Waals surface area contributed by atoms with E-state index in [0.29, 0.717) is 17.9 Å². The van der Waals surface area contributed by atoms with Crippen molar-refractivity contribution in [2.45, 2.75) is 44.7 Å². The molecule has 3 unspecified atom stereocenters. The Kier molecular flexibility index (Phi) is 6.38. The largest absolute Gasteiger partial charge is 0.353 e. The summed E-state index contributed by atoms with van der Waals surface area (Å²) in [4.78, 5) is 24.0. The van der Waals surface area contributed by atoms with E-state index in [2.05, 4.69) is 57.4 Å². The molecule has 1 aromatic carbocycles. The molecule has 0 aromatic heterocycles. The molecular formula is C23H35N5O. The van der Waals surface area contributed by atoms with E-state index in [4.69, 9.17) is 0 Å². The topological polar surface area (TPSA) is 51.2 Å². The maximum Gasteiger partial charge on any atom is 0.239 e. The molecule has 2 aliphatic heterocycles. The van der Waals surface area contributed by atoms with Gasteiger partial charge in [-0.15, -0.1) is 0 Å². The second kappa shape index (κ2) is 9.16. The summed E-state index contributed by atoms with van der Waals surface area (Å²) in [7, 11) is 1.88. The fourth-order valence-electron chi connectivity index (χ4n) is 4.71. The Hall–Kier alpha value is -2.08. The molecular weight excluding hydrogens is 362 g/mol. The quantitative estimate of drug-likeness (QED) is 0.608. The van der Waals surface area contributed by atoms with Gasteiger partial charge in [0, 0.05) is 52.4 Å². The van der Waals surface area contributed by atoms with Crippen LogP contribution >= 0.6 is 0 Å². The molecule has 3 fully saturated rings. The molecule has 0 spiro atoms. The van der Waals surface area contributed by atoms with Crippen LogP contribution in [0.2, 0.25) is 0 Å². The first-order valence-corrected chi connectivity index (χ1v) is 11.2. The summed E-state index contributed by atoms with van der Waals surface area (Å²) >= 11 is 0. The average molecular weight is 398 g/mol. The van der Waals surface area contributed by atoms with Gasteiger partial charge in [0.2, 0.25) is 5.91 Å². The highest BCUT2D eigenvalue weighted by molar-refractivity contribution is 5.82. The molecule has 158 valence electrons. The van der Waals surface area contributed by atoms with Gasteiger partial charge in [0.25, 0.3) is 0 Å². The first-order valence-electron chi connectivity index (χ1n) is 11.2. The monoisotopic (exact) mass is 397 g/mol. The highest BCUT2D eigenvalue weighted by Crippen LogP contribution is 2.34. The minimum Gasteiger partial charge on any atom is -0.353 e. The van der Waals surface area contributed by atoms with Crippen LogP contribution in [-0.2, 0) is 11.2 Å². The first kappa shape index (κ1) is 20.2. The average Bonchev–Trinajstić information content (AvgIpc) is 3.25. The number of amides is 1. The Bertz CT molecular complexity index is 707. The van der Waals surface area contributed by atoms with Gasteiger partial charge in [0.1, 0.15) is 0 Å². The van der Waals surface area contributed by atoms with Crippen molar-refractivity contribution in [3.8, 4) is 0 Å². The number of nitrogens with zero attached hydrogens (tertiary/aromatic N) is 4. The first-order chi connectivity index (χ1) is 14.2. The van der Waals surface area contributed by atoms with E-state index in [1.54, 1.807) is 0 Å². The van der Waals surface area contributed by atoms with E-state index in [1.165, 1.54) is 12.0 Å². The SMILES string of the molecule is CN=C(NC1CC1Cc1ccccc1)N1CCN(C(C)C(=O)N2CCCC2)CC1. The van der Waals surface area contributed by atoms with Gasteiger partial charge in [-0.2, -0.15) is 0 Å². The predicted octanol–water partition coefficient (Wildman–Crippen LogP) is 1.82. The van der Waals surface area contributed by atoms with Crippen LogP contribution < -0.4 is 5.32 Å². The van der Waals surface area contributed by atoms with E-state index in [-0.39, 0.29) is 6.04 Å². The zero-order chi connectivity index (χ0) is 20.2. The molecule has 2 saturated heterocycles. The van der Waals surface area contributed by atoms with E-state index < -0.39 is 0 Å². The summed E-state index contributed by atoms with van der Waals surface area (Å²) in [6, 6.07) is 11.3. The van der Waals surface area contributed by atoms with E-state index >= 15 is 0 Å². The minimum atomic E-state index is -0.0103. The third-order valence-electron chi connectivity index (χ3n) is 6.73. The van der Waals surface area contributed by atoms with Gasteiger partial charge in [0.05, 0.1) is 6.04 Å². The molecule has 1 aromatic rings. The molecule has 1 aliphatic carbocycles. The number of carbonyl (C=O) groups excluding carboxylic acids is 1. The van der Waals surface area contributed by atoms with Crippen LogP contribution in [0.5, 0.6) is 0 Å². The maximum absolute atomic E-state index is 12.7. The predicted molar refractivity (Wildman–Crippen MR) is 117 cm³/mol. The molecule has 1 saturated carbocycles. The van der Waals surface area contributed by atoms with E-state index in [1.807, 2.05) is 11.9 Å². The van der Waals surface area contributed by atoms with Crippen molar-refractivity contribution in [2.75, 3.05) is 46.3 Å². The number of guanidine groups is 1. The fourth-order valence-corrected chi connectivity index (χ4v) is 4.71. The number of carbonyl (C=O) groups is 1. The Morgan fingerprint density at radius 2 is 1.76 bits per heavy atom. The number of rotatable bonds is 5. The molecule has 1 N–H and O–H groups in total. The van der Waals surface area contributed by atoms with Crippen LogP contribution in [-0.4, -0.2) is 85.0 Å². The van der Waals surface area contributed by atoms with Crippen LogP contribution in [0.3, 0.4) is 0 Å². The molecule has 0 bridgehead atoms. The lowest BCUT2D eigenvalue weighted by Crippen LogP contribution is -2.57. The summed E-state index contributed by atoms with van der Waals surface area (Å²) < 4.78 is 0. The van der Waals surface area contributed by atoms with Crippen molar-refractivity contribution in [1.82, 2.24) is 20.0 Å². The van der Waals surface area contributed by atoms with Crippen molar-refractivity contribution in [2.24, 2.45) is 10.9 Å². The zero-order valence-electron chi connectivity index (χ0n) is 17.9. The standard InChI is InChI=1S/C23H35N5O/c1-18(22(29)27-10-6-7-11-27)26-12-14-28(15-13-26)23(24-2)25-21-17-20(21)16-19-8-4-3-5-9-19/h3-5,8-9,18,20-21H,6-7,10-17H2,1-2H3,(H,24,25). The molecule has 3 atom stereocenters.